The Labute approximate surface area is 73.5 Å². The number of hydrogen-bond acceptors (Lipinski definition) is 0. The summed E-state index contributed by atoms with van der Waals surface area (Å²) < 4.78 is 13.3. The van der Waals surface area contributed by atoms with E-state index < -0.39 is 0 Å². The van der Waals surface area contributed by atoms with Gasteiger partial charge in [0.1, 0.15) is 5.83 Å². The largest absolute Gasteiger partial charge is 0.207 e. The van der Waals surface area contributed by atoms with Gasteiger partial charge in [0.05, 0.1) is 0 Å². The molecule has 0 fully saturated rings. The number of hydrogen-bond donors (Lipinski definition) is 0. The molecule has 0 aromatic rings. The van der Waals surface area contributed by atoms with E-state index in [0.717, 1.165) is 24.0 Å². The lowest BCUT2D eigenvalue weighted by Crippen LogP contribution is -1.93. The first-order valence-corrected chi connectivity index (χ1v) is 4.38. The Morgan fingerprint density at radius 2 is 2.33 bits per heavy atom. The van der Waals surface area contributed by atoms with Crippen LogP contribution in [0.2, 0.25) is 0 Å². The zero-order valence-corrected chi connectivity index (χ0v) is 7.73. The van der Waals surface area contributed by atoms with Crippen molar-refractivity contribution < 1.29 is 4.39 Å². The zero-order chi connectivity index (χ0) is 9.14. The van der Waals surface area contributed by atoms with E-state index >= 15 is 0 Å². The highest BCUT2D eigenvalue weighted by Gasteiger charge is 2.22. The van der Waals surface area contributed by atoms with E-state index in [-0.39, 0.29) is 5.83 Å². The van der Waals surface area contributed by atoms with Gasteiger partial charge in [-0.2, -0.15) is 0 Å². The van der Waals surface area contributed by atoms with Crippen LogP contribution in [-0.4, -0.2) is 0 Å². The third-order valence-corrected chi connectivity index (χ3v) is 2.44. The summed E-state index contributed by atoms with van der Waals surface area (Å²) >= 11 is 0. The van der Waals surface area contributed by atoms with Crippen molar-refractivity contribution in [3.63, 3.8) is 0 Å². The molecule has 1 atom stereocenters. The second kappa shape index (κ2) is 3.70. The summed E-state index contributed by atoms with van der Waals surface area (Å²) in [5.74, 6) is 0.282. The van der Waals surface area contributed by atoms with Crippen molar-refractivity contribution in [1.82, 2.24) is 0 Å². The first kappa shape index (κ1) is 9.24. The third kappa shape index (κ3) is 1.50. The van der Waals surface area contributed by atoms with E-state index in [0.29, 0.717) is 5.92 Å². The molecule has 0 saturated heterocycles. The van der Waals surface area contributed by atoms with Crippen LogP contribution in [0, 0.1) is 5.92 Å². The fourth-order valence-corrected chi connectivity index (χ4v) is 1.72. The average molecular weight is 166 g/mol. The van der Waals surface area contributed by atoms with Gasteiger partial charge in [-0.25, -0.2) is 4.39 Å². The molecule has 0 aromatic heterocycles. The lowest BCUT2D eigenvalue weighted by Gasteiger charge is -2.06. The molecule has 1 aliphatic carbocycles. The summed E-state index contributed by atoms with van der Waals surface area (Å²) in [6.07, 6.45) is 5.34. The Kier molecular flexibility index (Phi) is 2.85. The van der Waals surface area contributed by atoms with Gasteiger partial charge in [0.25, 0.3) is 0 Å². The fraction of sp³-hybridized carbons (Fsp3) is 0.455. The van der Waals surface area contributed by atoms with Crippen molar-refractivity contribution in [3.05, 3.63) is 35.7 Å². The summed E-state index contributed by atoms with van der Waals surface area (Å²) in [7, 11) is 0. The zero-order valence-electron chi connectivity index (χ0n) is 7.73. The second-order valence-electron chi connectivity index (χ2n) is 3.22. The Bertz CT molecular complexity index is 246. The summed E-state index contributed by atoms with van der Waals surface area (Å²) in [6, 6.07) is 0. The minimum Gasteiger partial charge on any atom is -0.207 e. The van der Waals surface area contributed by atoms with Crippen molar-refractivity contribution in [3.8, 4) is 0 Å². The van der Waals surface area contributed by atoms with Gasteiger partial charge in [0.2, 0.25) is 0 Å². The lowest BCUT2D eigenvalue weighted by atomic mass is 10.0. The van der Waals surface area contributed by atoms with Crippen molar-refractivity contribution in [2.24, 2.45) is 5.92 Å². The maximum Gasteiger partial charge on any atom is 0.122 e. The van der Waals surface area contributed by atoms with Crippen molar-refractivity contribution >= 4 is 0 Å². The molecule has 0 N–H and O–H groups in total. The molecular formula is C11H15F. The molecule has 0 aliphatic heterocycles. The molecule has 1 unspecified atom stereocenters. The number of allylic oxidation sites excluding steroid dienone is 5. The predicted molar refractivity (Wildman–Crippen MR) is 50.5 cm³/mol. The number of rotatable bonds is 2. The number of halogens is 1. The van der Waals surface area contributed by atoms with Crippen molar-refractivity contribution in [2.75, 3.05) is 0 Å². The molecule has 0 spiro atoms. The van der Waals surface area contributed by atoms with Crippen LogP contribution in [-0.2, 0) is 0 Å². The maximum atomic E-state index is 13.3. The lowest BCUT2D eigenvalue weighted by molar-refractivity contribution is 0.589. The first-order chi connectivity index (χ1) is 5.70. The Morgan fingerprint density at radius 1 is 1.67 bits per heavy atom. The van der Waals surface area contributed by atoms with Crippen LogP contribution < -0.4 is 0 Å². The van der Waals surface area contributed by atoms with Crippen LogP contribution in [0.1, 0.15) is 26.7 Å². The van der Waals surface area contributed by atoms with Crippen LogP contribution in [0.3, 0.4) is 0 Å². The Balaban J connectivity index is 3.03. The predicted octanol–water partition coefficient (Wildman–Crippen LogP) is 3.77. The van der Waals surface area contributed by atoms with Crippen LogP contribution in [0.15, 0.2) is 35.7 Å². The standard InChI is InChI=1S/C11H15F/c1-4-9-7-6-8(3)11(9)10(12)5-2/h4-5,8H,1,6-7H2,2-3H3/b10-5+. The van der Waals surface area contributed by atoms with E-state index in [1.807, 2.05) is 0 Å². The highest BCUT2D eigenvalue weighted by Crippen LogP contribution is 2.37. The molecule has 0 bridgehead atoms. The van der Waals surface area contributed by atoms with Crippen molar-refractivity contribution in [2.45, 2.75) is 26.7 Å². The van der Waals surface area contributed by atoms with Crippen molar-refractivity contribution in [1.29, 1.82) is 0 Å². The molecule has 0 aromatic carbocycles. The maximum absolute atomic E-state index is 13.3. The van der Waals surface area contributed by atoms with E-state index in [9.17, 15) is 4.39 Å². The average Bonchev–Trinajstić information content (AvgIpc) is 2.45. The minimum absolute atomic E-state index is 0.0742. The van der Waals surface area contributed by atoms with Gasteiger partial charge in [0, 0.05) is 0 Å². The molecule has 0 nitrogen and oxygen atoms in total. The molecule has 12 heavy (non-hydrogen) atoms. The van der Waals surface area contributed by atoms with Gasteiger partial charge < -0.3 is 0 Å². The van der Waals surface area contributed by atoms with Gasteiger partial charge in [0.15, 0.2) is 0 Å². The topological polar surface area (TPSA) is 0 Å². The van der Waals surface area contributed by atoms with Gasteiger partial charge in [-0.15, -0.1) is 0 Å². The minimum atomic E-state index is -0.0742. The van der Waals surface area contributed by atoms with Gasteiger partial charge >= 0.3 is 0 Å². The molecule has 1 aliphatic rings. The van der Waals surface area contributed by atoms with Gasteiger partial charge in [-0.1, -0.05) is 25.7 Å². The second-order valence-corrected chi connectivity index (χ2v) is 3.22. The quantitative estimate of drug-likeness (QED) is 0.585. The molecule has 0 radical (unpaired) electrons. The first-order valence-electron chi connectivity index (χ1n) is 4.38. The summed E-state index contributed by atoms with van der Waals surface area (Å²) in [4.78, 5) is 0. The highest BCUT2D eigenvalue weighted by molar-refractivity contribution is 5.40. The molecule has 0 heterocycles. The SMILES string of the molecule is C=CC1=C(/C(F)=C\C)C(C)CC1. The molecule has 0 saturated carbocycles. The molecule has 0 amide bonds. The van der Waals surface area contributed by atoms with Crippen LogP contribution in [0.4, 0.5) is 4.39 Å². The van der Waals surface area contributed by atoms with E-state index in [1.54, 1.807) is 13.0 Å². The smallest absolute Gasteiger partial charge is 0.122 e. The summed E-state index contributed by atoms with van der Waals surface area (Å²) in [5, 5.41) is 0. The molecular weight excluding hydrogens is 151 g/mol. The highest BCUT2D eigenvalue weighted by atomic mass is 19.1. The van der Waals surface area contributed by atoms with E-state index in [1.165, 1.54) is 6.08 Å². The molecule has 1 rings (SSSR count). The van der Waals surface area contributed by atoms with E-state index in [2.05, 4.69) is 13.5 Å². The third-order valence-electron chi connectivity index (χ3n) is 2.44. The Hall–Kier alpha value is -0.850. The summed E-state index contributed by atoms with van der Waals surface area (Å²) in [5.41, 5.74) is 1.95. The van der Waals surface area contributed by atoms with Gasteiger partial charge in [-0.3, -0.25) is 0 Å². The van der Waals surface area contributed by atoms with Crippen LogP contribution in [0.5, 0.6) is 0 Å². The van der Waals surface area contributed by atoms with E-state index in [4.69, 9.17) is 0 Å². The fourth-order valence-electron chi connectivity index (χ4n) is 1.72. The Morgan fingerprint density at radius 3 is 2.83 bits per heavy atom. The molecule has 66 valence electrons. The van der Waals surface area contributed by atoms with Crippen LogP contribution >= 0.6 is 0 Å². The van der Waals surface area contributed by atoms with Crippen LogP contribution in [0.25, 0.3) is 0 Å². The normalized spacial score (nSPS) is 24.9. The van der Waals surface area contributed by atoms with Gasteiger partial charge in [-0.05, 0) is 36.8 Å². The molecule has 1 heteroatoms. The monoisotopic (exact) mass is 166 g/mol. The summed E-state index contributed by atoms with van der Waals surface area (Å²) in [6.45, 7) is 7.49.